The molecule has 0 unspecified atom stereocenters. The summed E-state index contributed by atoms with van der Waals surface area (Å²) < 4.78 is 46.2. The Labute approximate surface area is 184 Å². The van der Waals surface area contributed by atoms with Gasteiger partial charge in [0.05, 0.1) is 17.7 Å². The van der Waals surface area contributed by atoms with E-state index >= 15 is 0 Å². The summed E-state index contributed by atoms with van der Waals surface area (Å²) >= 11 is 1.19. The lowest BCUT2D eigenvalue weighted by Gasteiger charge is -2.10. The van der Waals surface area contributed by atoms with Crippen LogP contribution < -0.4 is 14.8 Å². The van der Waals surface area contributed by atoms with E-state index in [4.69, 9.17) is 4.74 Å². The summed E-state index contributed by atoms with van der Waals surface area (Å²) in [6.07, 6.45) is -0.0594. The van der Waals surface area contributed by atoms with Crippen LogP contribution in [0.15, 0.2) is 46.7 Å². The minimum atomic E-state index is -3.71. The van der Waals surface area contributed by atoms with Crippen molar-refractivity contribution in [2.45, 2.75) is 25.2 Å². The Balaban J connectivity index is 1.57. The van der Waals surface area contributed by atoms with E-state index in [1.807, 2.05) is 13.0 Å². The Morgan fingerprint density at radius 1 is 1.19 bits per heavy atom. The number of hydrogen-bond donors (Lipinski definition) is 2. The predicted molar refractivity (Wildman–Crippen MR) is 118 cm³/mol. The zero-order valence-electron chi connectivity index (χ0n) is 17.2. The molecule has 0 fully saturated rings. The predicted octanol–water partition coefficient (Wildman–Crippen LogP) is 3.88. The second-order valence-corrected chi connectivity index (χ2v) is 9.45. The fraction of sp³-hybridized carbons (Fsp3) is 0.238. The maximum absolute atomic E-state index is 13.9. The monoisotopic (exact) mass is 463 g/mol. The van der Waals surface area contributed by atoms with Crippen LogP contribution in [0.3, 0.4) is 0 Å². The molecular formula is C21H22FN3O4S2. The van der Waals surface area contributed by atoms with Crippen LogP contribution in [-0.2, 0) is 14.8 Å². The zero-order valence-corrected chi connectivity index (χ0v) is 18.9. The van der Waals surface area contributed by atoms with Crippen LogP contribution in [0.4, 0.5) is 9.52 Å². The number of sulfonamides is 1. The number of aryl methyl sites for hydroxylation is 2. The number of thiazole rings is 1. The number of nitrogens with zero attached hydrogens (tertiary/aromatic N) is 1. The third kappa shape index (κ3) is 5.66. The molecule has 1 heterocycles. The number of amides is 1. The maximum atomic E-state index is 13.9. The highest BCUT2D eigenvalue weighted by atomic mass is 32.2. The molecule has 0 radical (unpaired) electrons. The largest absolute Gasteiger partial charge is 0.494 e. The van der Waals surface area contributed by atoms with Gasteiger partial charge < -0.3 is 10.1 Å². The molecule has 0 aliphatic rings. The minimum Gasteiger partial charge on any atom is -0.494 e. The Morgan fingerprint density at radius 3 is 2.68 bits per heavy atom. The number of halogens is 1. The molecule has 0 spiro atoms. The number of ether oxygens (including phenoxy) is 1. The Morgan fingerprint density at radius 2 is 1.97 bits per heavy atom. The first kappa shape index (κ1) is 22.9. The Kier molecular flexibility index (Phi) is 7.04. The molecule has 3 aromatic rings. The van der Waals surface area contributed by atoms with Gasteiger partial charge >= 0.3 is 0 Å². The molecular weight excluding hydrogens is 441 g/mol. The molecule has 0 aliphatic carbocycles. The maximum Gasteiger partial charge on any atom is 0.240 e. The van der Waals surface area contributed by atoms with Crippen molar-refractivity contribution in [3.63, 3.8) is 0 Å². The van der Waals surface area contributed by atoms with Crippen molar-refractivity contribution in [2.24, 2.45) is 0 Å². The number of carbonyl (C=O) groups excluding carboxylic acids is 1. The second kappa shape index (κ2) is 9.54. The van der Waals surface area contributed by atoms with Gasteiger partial charge in [-0.3, -0.25) is 4.79 Å². The summed E-state index contributed by atoms with van der Waals surface area (Å²) in [6, 6.07) is 9.66. The van der Waals surface area contributed by atoms with E-state index in [0.29, 0.717) is 22.0 Å². The standard InChI is InChI=1S/C21H22FN3O4S2/c1-13-4-5-14(2)19(10-13)31(27,28)23-9-8-20(26)25-21-24-17(12-30-21)15-6-7-18(29-3)16(22)11-15/h4-7,10-12,23H,8-9H2,1-3H3,(H,24,25,26). The molecule has 31 heavy (non-hydrogen) atoms. The van der Waals surface area contributed by atoms with Crippen LogP contribution in [0.5, 0.6) is 5.75 Å². The van der Waals surface area contributed by atoms with Gasteiger partial charge in [-0.15, -0.1) is 11.3 Å². The van der Waals surface area contributed by atoms with Crippen molar-refractivity contribution in [3.05, 3.63) is 58.7 Å². The number of carbonyl (C=O) groups is 1. The first-order chi connectivity index (χ1) is 14.7. The van der Waals surface area contributed by atoms with Crippen LogP contribution in [0.2, 0.25) is 0 Å². The molecule has 7 nitrogen and oxygen atoms in total. The summed E-state index contributed by atoms with van der Waals surface area (Å²) in [7, 11) is -2.33. The highest BCUT2D eigenvalue weighted by Crippen LogP contribution is 2.28. The molecule has 0 aliphatic heterocycles. The third-order valence-corrected chi connectivity index (χ3v) is 6.84. The van der Waals surface area contributed by atoms with E-state index in [2.05, 4.69) is 15.0 Å². The second-order valence-electron chi connectivity index (χ2n) is 6.85. The van der Waals surface area contributed by atoms with Gasteiger partial charge in [0.2, 0.25) is 15.9 Å². The molecule has 1 aromatic heterocycles. The Hall–Kier alpha value is -2.82. The van der Waals surface area contributed by atoms with Gasteiger partial charge in [-0.25, -0.2) is 22.5 Å². The van der Waals surface area contributed by atoms with E-state index in [9.17, 15) is 17.6 Å². The van der Waals surface area contributed by atoms with Gasteiger partial charge in [-0.05, 0) is 49.2 Å². The molecule has 10 heteroatoms. The lowest BCUT2D eigenvalue weighted by atomic mass is 10.1. The summed E-state index contributed by atoms with van der Waals surface area (Å²) in [5, 5.41) is 4.67. The lowest BCUT2D eigenvalue weighted by molar-refractivity contribution is -0.116. The molecule has 0 saturated carbocycles. The molecule has 164 valence electrons. The van der Waals surface area contributed by atoms with E-state index in [0.717, 1.165) is 5.56 Å². The summed E-state index contributed by atoms with van der Waals surface area (Å²) in [5.41, 5.74) is 2.53. The minimum absolute atomic E-state index is 0.0521. The van der Waals surface area contributed by atoms with Crippen molar-refractivity contribution < 1.29 is 22.3 Å². The van der Waals surface area contributed by atoms with Gasteiger partial charge in [0, 0.05) is 23.9 Å². The van der Waals surface area contributed by atoms with Gasteiger partial charge in [0.25, 0.3) is 0 Å². The average molecular weight is 464 g/mol. The number of rotatable bonds is 8. The highest BCUT2D eigenvalue weighted by molar-refractivity contribution is 7.89. The SMILES string of the molecule is COc1ccc(-c2csc(NC(=O)CCNS(=O)(=O)c3cc(C)ccc3C)n2)cc1F. The van der Waals surface area contributed by atoms with Crippen LogP contribution in [-0.4, -0.2) is 33.0 Å². The average Bonchev–Trinajstić information content (AvgIpc) is 3.17. The first-order valence-corrected chi connectivity index (χ1v) is 11.7. The van der Waals surface area contributed by atoms with Crippen LogP contribution in [0.25, 0.3) is 11.3 Å². The lowest BCUT2D eigenvalue weighted by Crippen LogP contribution is -2.28. The highest BCUT2D eigenvalue weighted by Gasteiger charge is 2.17. The molecule has 2 aromatic carbocycles. The number of methoxy groups -OCH3 is 1. The smallest absolute Gasteiger partial charge is 0.240 e. The van der Waals surface area contributed by atoms with E-state index in [1.165, 1.54) is 30.6 Å². The van der Waals surface area contributed by atoms with Crippen molar-refractivity contribution >= 4 is 32.4 Å². The van der Waals surface area contributed by atoms with Gasteiger partial charge in [-0.1, -0.05) is 12.1 Å². The van der Waals surface area contributed by atoms with E-state index < -0.39 is 15.8 Å². The topological polar surface area (TPSA) is 97.4 Å². The number of benzene rings is 2. The molecule has 1 amide bonds. The fourth-order valence-corrected chi connectivity index (χ4v) is 4.94. The van der Waals surface area contributed by atoms with Crippen molar-refractivity contribution in [1.29, 1.82) is 0 Å². The van der Waals surface area contributed by atoms with E-state index in [1.54, 1.807) is 30.5 Å². The van der Waals surface area contributed by atoms with E-state index in [-0.39, 0.29) is 29.5 Å². The Bertz CT molecular complexity index is 1210. The molecule has 0 saturated heterocycles. The van der Waals surface area contributed by atoms with Gasteiger partial charge in [0.15, 0.2) is 16.7 Å². The summed E-state index contributed by atoms with van der Waals surface area (Å²) in [5.74, 6) is -0.754. The summed E-state index contributed by atoms with van der Waals surface area (Å²) in [6.45, 7) is 3.48. The van der Waals surface area contributed by atoms with Crippen LogP contribution in [0.1, 0.15) is 17.5 Å². The van der Waals surface area contributed by atoms with Crippen molar-refractivity contribution in [1.82, 2.24) is 9.71 Å². The quantitative estimate of drug-likeness (QED) is 0.528. The normalized spacial score (nSPS) is 11.4. The number of nitrogens with one attached hydrogen (secondary N) is 2. The van der Waals surface area contributed by atoms with Crippen molar-refractivity contribution in [2.75, 3.05) is 19.0 Å². The number of aromatic nitrogens is 1. The number of anilines is 1. The number of hydrogen-bond acceptors (Lipinski definition) is 6. The fourth-order valence-electron chi connectivity index (χ4n) is 2.84. The first-order valence-electron chi connectivity index (χ1n) is 9.36. The molecule has 3 rings (SSSR count). The van der Waals surface area contributed by atoms with Crippen LogP contribution >= 0.6 is 11.3 Å². The van der Waals surface area contributed by atoms with Gasteiger partial charge in [-0.2, -0.15) is 0 Å². The molecule has 0 bridgehead atoms. The molecule has 0 atom stereocenters. The van der Waals surface area contributed by atoms with Crippen molar-refractivity contribution in [3.8, 4) is 17.0 Å². The zero-order chi connectivity index (χ0) is 22.6. The summed E-state index contributed by atoms with van der Waals surface area (Å²) in [4.78, 5) is 16.7. The third-order valence-electron chi connectivity index (χ3n) is 4.48. The van der Waals surface area contributed by atoms with Gasteiger partial charge in [0.1, 0.15) is 0 Å². The molecule has 2 N–H and O–H groups in total. The van der Waals surface area contributed by atoms with Crippen LogP contribution in [0, 0.1) is 19.7 Å².